The minimum atomic E-state index is -0.0966. The quantitative estimate of drug-likeness (QED) is 0.893. The Morgan fingerprint density at radius 3 is 2.96 bits per heavy atom. The average Bonchev–Trinajstić information content (AvgIpc) is 3.19. The van der Waals surface area contributed by atoms with E-state index >= 15 is 0 Å². The molecule has 1 aliphatic heterocycles. The van der Waals surface area contributed by atoms with E-state index in [1.807, 2.05) is 20.8 Å². The van der Waals surface area contributed by atoms with Crippen LogP contribution in [0.2, 0.25) is 0 Å². The van der Waals surface area contributed by atoms with Gasteiger partial charge in [-0.05, 0) is 26.3 Å². The first kappa shape index (κ1) is 16.0. The highest BCUT2D eigenvalue weighted by Crippen LogP contribution is 2.30. The summed E-state index contributed by atoms with van der Waals surface area (Å²) >= 11 is 1.37. The molecule has 1 atom stereocenters. The number of carbonyl (C=O) groups excluding carboxylic acids is 1. The minimum Gasteiger partial charge on any atom is -0.339 e. The van der Waals surface area contributed by atoms with Crippen molar-refractivity contribution in [2.24, 2.45) is 0 Å². The Labute approximate surface area is 138 Å². The van der Waals surface area contributed by atoms with E-state index in [-0.39, 0.29) is 24.4 Å². The molecule has 0 spiro atoms. The fourth-order valence-electron chi connectivity index (χ4n) is 2.62. The predicted molar refractivity (Wildman–Crippen MR) is 85.2 cm³/mol. The molecule has 0 saturated carbocycles. The number of hydrogen-bond donors (Lipinski definition) is 1. The third kappa shape index (κ3) is 3.73. The van der Waals surface area contributed by atoms with Crippen LogP contribution in [0.5, 0.6) is 0 Å². The lowest BCUT2D eigenvalue weighted by Crippen LogP contribution is -2.33. The van der Waals surface area contributed by atoms with Crippen LogP contribution in [0.3, 0.4) is 0 Å². The van der Waals surface area contributed by atoms with E-state index < -0.39 is 0 Å². The normalized spacial score (nSPS) is 18.7. The van der Waals surface area contributed by atoms with Crippen LogP contribution in [0.25, 0.3) is 0 Å². The van der Waals surface area contributed by atoms with Crippen LogP contribution >= 0.6 is 11.3 Å². The van der Waals surface area contributed by atoms with Crippen molar-refractivity contribution < 1.29 is 9.32 Å². The Kier molecular flexibility index (Phi) is 4.67. The molecule has 1 fully saturated rings. The van der Waals surface area contributed by atoms with E-state index in [4.69, 9.17) is 4.52 Å². The molecule has 0 bridgehead atoms. The summed E-state index contributed by atoms with van der Waals surface area (Å²) in [5.74, 6) is 1.42. The molecule has 0 aliphatic carbocycles. The highest BCUT2D eigenvalue weighted by atomic mass is 32.1. The zero-order valence-corrected chi connectivity index (χ0v) is 14.3. The van der Waals surface area contributed by atoms with Gasteiger partial charge in [0.25, 0.3) is 0 Å². The summed E-state index contributed by atoms with van der Waals surface area (Å²) in [7, 11) is 0. The van der Waals surface area contributed by atoms with Crippen LogP contribution < -0.4 is 5.32 Å². The number of carbonyl (C=O) groups is 1. The molecule has 3 rings (SSSR count). The van der Waals surface area contributed by atoms with Crippen molar-refractivity contribution in [2.45, 2.75) is 45.6 Å². The Morgan fingerprint density at radius 2 is 2.30 bits per heavy atom. The summed E-state index contributed by atoms with van der Waals surface area (Å²) < 4.78 is 5.29. The molecule has 2 aromatic heterocycles. The van der Waals surface area contributed by atoms with Crippen molar-refractivity contribution >= 4 is 22.4 Å². The predicted octanol–water partition coefficient (Wildman–Crippen LogP) is 2.13. The van der Waals surface area contributed by atoms with Gasteiger partial charge in [-0.1, -0.05) is 30.3 Å². The second-order valence-electron chi connectivity index (χ2n) is 5.95. The van der Waals surface area contributed by atoms with Gasteiger partial charge in [0, 0.05) is 5.92 Å². The number of aryl methyl sites for hydroxylation is 1. The van der Waals surface area contributed by atoms with Crippen molar-refractivity contribution in [2.75, 3.05) is 18.4 Å². The monoisotopic (exact) mass is 336 g/mol. The van der Waals surface area contributed by atoms with Gasteiger partial charge in [-0.2, -0.15) is 4.98 Å². The average molecular weight is 336 g/mol. The van der Waals surface area contributed by atoms with Crippen LogP contribution in [-0.4, -0.2) is 44.2 Å². The number of anilines is 1. The van der Waals surface area contributed by atoms with Gasteiger partial charge in [0.15, 0.2) is 5.82 Å². The van der Waals surface area contributed by atoms with Crippen LogP contribution in [0.15, 0.2) is 4.52 Å². The van der Waals surface area contributed by atoms with E-state index in [0.29, 0.717) is 16.8 Å². The van der Waals surface area contributed by atoms with Crippen molar-refractivity contribution in [1.29, 1.82) is 0 Å². The zero-order chi connectivity index (χ0) is 16.4. The zero-order valence-electron chi connectivity index (χ0n) is 13.4. The first-order valence-electron chi connectivity index (χ1n) is 7.70. The van der Waals surface area contributed by atoms with Gasteiger partial charge in [-0.25, -0.2) is 0 Å². The molecule has 8 nitrogen and oxygen atoms in total. The molecule has 0 radical (unpaired) electrons. The summed E-state index contributed by atoms with van der Waals surface area (Å²) in [4.78, 5) is 18.7. The number of nitrogens with one attached hydrogen (secondary N) is 1. The van der Waals surface area contributed by atoms with Gasteiger partial charge in [0.2, 0.25) is 16.9 Å². The molecule has 9 heteroatoms. The van der Waals surface area contributed by atoms with Gasteiger partial charge in [0.05, 0.1) is 12.6 Å². The maximum Gasteiger partial charge on any atom is 0.240 e. The maximum absolute atomic E-state index is 12.2. The molecular weight excluding hydrogens is 316 g/mol. The molecule has 1 saturated heterocycles. The number of amides is 1. The van der Waals surface area contributed by atoms with Crippen LogP contribution in [0.1, 0.15) is 55.4 Å². The van der Waals surface area contributed by atoms with Crippen molar-refractivity contribution in [3.8, 4) is 0 Å². The topological polar surface area (TPSA) is 97.0 Å². The summed E-state index contributed by atoms with van der Waals surface area (Å²) in [5.41, 5.74) is 0. The van der Waals surface area contributed by atoms with Crippen LogP contribution in [-0.2, 0) is 4.79 Å². The van der Waals surface area contributed by atoms with Crippen molar-refractivity contribution in [1.82, 2.24) is 25.2 Å². The third-order valence-electron chi connectivity index (χ3n) is 3.73. The van der Waals surface area contributed by atoms with E-state index in [1.54, 1.807) is 0 Å². The van der Waals surface area contributed by atoms with Crippen LogP contribution in [0, 0.1) is 6.92 Å². The lowest BCUT2D eigenvalue weighted by molar-refractivity contribution is -0.117. The summed E-state index contributed by atoms with van der Waals surface area (Å²) in [6.45, 7) is 7.02. The highest BCUT2D eigenvalue weighted by Gasteiger charge is 2.31. The number of aromatic nitrogens is 4. The largest absolute Gasteiger partial charge is 0.339 e. The fraction of sp³-hybridized carbons (Fsp3) is 0.643. The van der Waals surface area contributed by atoms with Crippen molar-refractivity contribution in [3.05, 3.63) is 16.7 Å². The van der Waals surface area contributed by atoms with Crippen LogP contribution in [0.4, 0.5) is 5.13 Å². The van der Waals surface area contributed by atoms with E-state index in [9.17, 15) is 4.79 Å². The van der Waals surface area contributed by atoms with Gasteiger partial charge in [0.1, 0.15) is 5.01 Å². The molecule has 3 heterocycles. The fourth-order valence-corrected chi connectivity index (χ4v) is 3.22. The lowest BCUT2D eigenvalue weighted by atomic mass is 10.2. The van der Waals surface area contributed by atoms with E-state index in [0.717, 1.165) is 24.4 Å². The van der Waals surface area contributed by atoms with Crippen molar-refractivity contribution in [3.63, 3.8) is 0 Å². The first-order valence-corrected chi connectivity index (χ1v) is 8.52. The third-order valence-corrected chi connectivity index (χ3v) is 4.49. The Bertz CT molecular complexity index is 682. The summed E-state index contributed by atoms with van der Waals surface area (Å²) in [5, 5.41) is 16.0. The van der Waals surface area contributed by atoms with Gasteiger partial charge in [-0.15, -0.1) is 10.2 Å². The summed E-state index contributed by atoms with van der Waals surface area (Å²) in [6.07, 6.45) is 1.95. The molecular formula is C14H20N6O2S. The van der Waals surface area contributed by atoms with Gasteiger partial charge < -0.3 is 4.52 Å². The van der Waals surface area contributed by atoms with Gasteiger partial charge in [-0.3, -0.25) is 15.0 Å². The molecule has 2 aromatic rings. The van der Waals surface area contributed by atoms with Gasteiger partial charge >= 0.3 is 0 Å². The smallest absolute Gasteiger partial charge is 0.240 e. The molecule has 1 amide bonds. The molecule has 0 unspecified atom stereocenters. The second kappa shape index (κ2) is 6.71. The number of likely N-dealkylation sites (tertiary alicyclic amines) is 1. The SMILES string of the molecule is Cc1nnc(NC(=O)CN2CCC[C@H]2c2noc(C(C)C)n2)s1. The molecule has 1 N–H and O–H groups in total. The Hall–Kier alpha value is -1.87. The van der Waals surface area contributed by atoms with E-state index in [1.165, 1.54) is 11.3 Å². The molecule has 0 aromatic carbocycles. The van der Waals surface area contributed by atoms with E-state index in [2.05, 4.69) is 30.6 Å². The Morgan fingerprint density at radius 1 is 1.48 bits per heavy atom. The molecule has 1 aliphatic rings. The lowest BCUT2D eigenvalue weighted by Gasteiger charge is -2.20. The minimum absolute atomic E-state index is 0.0353. The maximum atomic E-state index is 12.2. The summed E-state index contributed by atoms with van der Waals surface area (Å²) in [6, 6.07) is 0.0353. The Balaban J connectivity index is 1.63. The standard InChI is InChI=1S/C14H20N6O2S/c1-8(2)13-16-12(19-22-13)10-5-4-6-20(10)7-11(21)15-14-18-17-9(3)23-14/h8,10H,4-7H2,1-3H3,(H,15,18,21)/t10-/m0/s1. The number of hydrogen-bond acceptors (Lipinski definition) is 8. The first-order chi connectivity index (χ1) is 11.0. The highest BCUT2D eigenvalue weighted by molar-refractivity contribution is 7.15. The molecule has 124 valence electrons. The number of nitrogens with zero attached hydrogens (tertiary/aromatic N) is 5. The molecule has 23 heavy (non-hydrogen) atoms. The number of rotatable bonds is 5. The second-order valence-corrected chi connectivity index (χ2v) is 7.13.